The number of nitrogens with zero attached hydrogens (tertiary/aromatic N) is 4. The van der Waals surface area contributed by atoms with E-state index in [-0.39, 0.29) is 5.92 Å². The van der Waals surface area contributed by atoms with Crippen LogP contribution in [0.5, 0.6) is 0 Å². The maximum atomic E-state index is 13.2. The Balaban J connectivity index is 1.34. The van der Waals surface area contributed by atoms with E-state index in [9.17, 15) is 4.79 Å². The van der Waals surface area contributed by atoms with Gasteiger partial charge in [0.25, 0.3) is 0 Å². The van der Waals surface area contributed by atoms with Crippen molar-refractivity contribution in [3.8, 4) is 0 Å². The third-order valence-electron chi connectivity index (χ3n) is 6.19. The third kappa shape index (κ3) is 3.98. The standard InChI is InChI=1S/C22H30N4O2/c1-22(19-6-4-3-5-7-19)17-26(14-15-28-22)21(27)18-8-11-25(12-9-18)16-20-23-10-13-24(20)2/h3-7,10,13,18H,8-9,11-12,14-17H2,1-2H3. The summed E-state index contributed by atoms with van der Waals surface area (Å²) in [5.41, 5.74) is 0.714. The first-order valence-corrected chi connectivity index (χ1v) is 10.2. The van der Waals surface area contributed by atoms with E-state index in [1.54, 1.807) is 0 Å². The predicted octanol–water partition coefficient (Wildman–Crippen LogP) is 2.41. The normalized spacial score (nSPS) is 24.4. The maximum Gasteiger partial charge on any atom is 0.225 e. The van der Waals surface area contributed by atoms with E-state index < -0.39 is 5.60 Å². The number of hydrogen-bond acceptors (Lipinski definition) is 4. The van der Waals surface area contributed by atoms with E-state index in [2.05, 4.69) is 33.5 Å². The molecule has 2 aliphatic rings. The van der Waals surface area contributed by atoms with Crippen molar-refractivity contribution < 1.29 is 9.53 Å². The maximum absolute atomic E-state index is 13.2. The van der Waals surface area contributed by atoms with Crippen LogP contribution >= 0.6 is 0 Å². The number of imidazole rings is 1. The van der Waals surface area contributed by atoms with Crippen molar-refractivity contribution in [3.05, 3.63) is 54.1 Å². The van der Waals surface area contributed by atoms with E-state index in [0.717, 1.165) is 43.9 Å². The molecule has 0 saturated carbocycles. The fraction of sp³-hybridized carbons (Fsp3) is 0.545. The summed E-state index contributed by atoms with van der Waals surface area (Å²) in [7, 11) is 2.03. The highest BCUT2D eigenvalue weighted by Gasteiger charge is 2.38. The predicted molar refractivity (Wildman–Crippen MR) is 108 cm³/mol. The first kappa shape index (κ1) is 19.2. The Labute approximate surface area is 167 Å². The number of morpholine rings is 1. The second kappa shape index (κ2) is 8.05. The van der Waals surface area contributed by atoms with Gasteiger partial charge in [-0.25, -0.2) is 4.98 Å². The number of benzene rings is 1. The van der Waals surface area contributed by atoms with Crippen LogP contribution in [0.15, 0.2) is 42.7 Å². The van der Waals surface area contributed by atoms with Gasteiger partial charge >= 0.3 is 0 Å². The van der Waals surface area contributed by atoms with Crippen molar-refractivity contribution >= 4 is 5.91 Å². The molecule has 0 bridgehead atoms. The van der Waals surface area contributed by atoms with E-state index in [4.69, 9.17) is 4.74 Å². The summed E-state index contributed by atoms with van der Waals surface area (Å²) in [5, 5.41) is 0. The molecule has 150 valence electrons. The minimum atomic E-state index is -0.423. The van der Waals surface area contributed by atoms with E-state index in [1.165, 1.54) is 0 Å². The quantitative estimate of drug-likeness (QED) is 0.815. The Morgan fingerprint density at radius 3 is 2.64 bits per heavy atom. The van der Waals surface area contributed by atoms with Crippen LogP contribution in [-0.4, -0.2) is 58.0 Å². The Bertz CT molecular complexity index is 798. The average Bonchev–Trinajstić information content (AvgIpc) is 3.13. The zero-order chi connectivity index (χ0) is 19.6. The lowest BCUT2D eigenvalue weighted by atomic mass is 9.91. The highest BCUT2D eigenvalue weighted by molar-refractivity contribution is 5.79. The number of amides is 1. The SMILES string of the molecule is Cn1ccnc1CN1CCC(C(=O)N2CCOC(C)(c3ccccc3)C2)CC1. The molecule has 0 aliphatic carbocycles. The minimum Gasteiger partial charge on any atom is -0.367 e. The highest BCUT2D eigenvalue weighted by atomic mass is 16.5. The molecule has 3 heterocycles. The van der Waals surface area contributed by atoms with Crippen molar-refractivity contribution in [1.82, 2.24) is 19.4 Å². The monoisotopic (exact) mass is 382 g/mol. The van der Waals surface area contributed by atoms with Gasteiger partial charge in [0.1, 0.15) is 11.4 Å². The lowest BCUT2D eigenvalue weighted by Crippen LogP contribution is -2.53. The van der Waals surface area contributed by atoms with Gasteiger partial charge in [-0.05, 0) is 38.4 Å². The number of ether oxygens (including phenoxy) is 1. The summed E-state index contributed by atoms with van der Waals surface area (Å²) < 4.78 is 8.16. The molecule has 1 amide bonds. The molecule has 2 saturated heterocycles. The van der Waals surface area contributed by atoms with Crippen LogP contribution in [0.4, 0.5) is 0 Å². The summed E-state index contributed by atoms with van der Waals surface area (Å²) >= 11 is 0. The summed E-state index contributed by atoms with van der Waals surface area (Å²) in [6.07, 6.45) is 5.66. The van der Waals surface area contributed by atoms with Crippen molar-refractivity contribution in [2.24, 2.45) is 13.0 Å². The molecule has 0 N–H and O–H groups in total. The fourth-order valence-corrected chi connectivity index (χ4v) is 4.37. The largest absolute Gasteiger partial charge is 0.367 e. The number of aryl methyl sites for hydroxylation is 1. The number of hydrogen-bond donors (Lipinski definition) is 0. The lowest BCUT2D eigenvalue weighted by Gasteiger charge is -2.43. The zero-order valence-corrected chi connectivity index (χ0v) is 16.9. The topological polar surface area (TPSA) is 50.6 Å². The number of piperidine rings is 1. The molecule has 1 aromatic carbocycles. The molecule has 1 aromatic heterocycles. The molecule has 28 heavy (non-hydrogen) atoms. The second-order valence-electron chi connectivity index (χ2n) is 8.21. The van der Waals surface area contributed by atoms with E-state index in [0.29, 0.717) is 25.6 Å². The van der Waals surface area contributed by atoms with Gasteiger partial charge in [0, 0.05) is 31.9 Å². The van der Waals surface area contributed by atoms with Crippen molar-refractivity contribution in [1.29, 1.82) is 0 Å². The van der Waals surface area contributed by atoms with Crippen molar-refractivity contribution in [2.45, 2.75) is 31.9 Å². The Hall–Kier alpha value is -2.18. The number of carbonyl (C=O) groups excluding carboxylic acids is 1. The number of rotatable bonds is 4. The molecule has 2 fully saturated rings. The summed E-state index contributed by atoms with van der Waals surface area (Å²) in [4.78, 5) is 22.0. The van der Waals surface area contributed by atoms with Gasteiger partial charge in [-0.3, -0.25) is 9.69 Å². The Morgan fingerprint density at radius 2 is 1.96 bits per heavy atom. The van der Waals surface area contributed by atoms with Gasteiger partial charge in [-0.2, -0.15) is 0 Å². The summed E-state index contributed by atoms with van der Waals surface area (Å²) in [6.45, 7) is 6.76. The molecular weight excluding hydrogens is 352 g/mol. The van der Waals surface area contributed by atoms with Gasteiger partial charge in [0.05, 0.1) is 19.7 Å². The van der Waals surface area contributed by atoms with Gasteiger partial charge in [-0.1, -0.05) is 30.3 Å². The van der Waals surface area contributed by atoms with Crippen LogP contribution in [0.25, 0.3) is 0 Å². The highest BCUT2D eigenvalue weighted by Crippen LogP contribution is 2.31. The fourth-order valence-electron chi connectivity index (χ4n) is 4.37. The molecule has 1 unspecified atom stereocenters. The van der Waals surface area contributed by atoms with E-state index in [1.807, 2.05) is 42.5 Å². The van der Waals surface area contributed by atoms with E-state index >= 15 is 0 Å². The van der Waals surface area contributed by atoms with Gasteiger partial charge in [0.2, 0.25) is 5.91 Å². The van der Waals surface area contributed by atoms with Crippen LogP contribution in [0.1, 0.15) is 31.2 Å². The summed E-state index contributed by atoms with van der Waals surface area (Å²) in [5.74, 6) is 1.49. The first-order chi connectivity index (χ1) is 13.5. The van der Waals surface area contributed by atoms with Crippen LogP contribution in [0.2, 0.25) is 0 Å². The molecule has 0 radical (unpaired) electrons. The van der Waals surface area contributed by atoms with Crippen molar-refractivity contribution in [3.63, 3.8) is 0 Å². The molecule has 2 aliphatic heterocycles. The minimum absolute atomic E-state index is 0.121. The number of carbonyl (C=O) groups is 1. The van der Waals surface area contributed by atoms with Crippen LogP contribution in [-0.2, 0) is 28.7 Å². The first-order valence-electron chi connectivity index (χ1n) is 10.2. The number of likely N-dealkylation sites (tertiary alicyclic amines) is 1. The molecule has 1 atom stereocenters. The lowest BCUT2D eigenvalue weighted by molar-refractivity contribution is -0.155. The second-order valence-corrected chi connectivity index (χ2v) is 8.21. The van der Waals surface area contributed by atoms with Gasteiger partial charge in [0.15, 0.2) is 0 Å². The molecule has 6 nitrogen and oxygen atoms in total. The van der Waals surface area contributed by atoms with Crippen LogP contribution < -0.4 is 0 Å². The molecule has 6 heteroatoms. The Kier molecular flexibility index (Phi) is 5.51. The van der Waals surface area contributed by atoms with Crippen LogP contribution in [0, 0.1) is 5.92 Å². The molecule has 4 rings (SSSR count). The Morgan fingerprint density at radius 1 is 1.21 bits per heavy atom. The average molecular weight is 383 g/mol. The number of aromatic nitrogens is 2. The van der Waals surface area contributed by atoms with Gasteiger partial charge < -0.3 is 14.2 Å². The smallest absolute Gasteiger partial charge is 0.225 e. The molecular formula is C22H30N4O2. The third-order valence-corrected chi connectivity index (χ3v) is 6.19. The molecule has 0 spiro atoms. The zero-order valence-electron chi connectivity index (χ0n) is 16.9. The van der Waals surface area contributed by atoms with Gasteiger partial charge in [-0.15, -0.1) is 0 Å². The summed E-state index contributed by atoms with van der Waals surface area (Å²) in [6, 6.07) is 10.2. The van der Waals surface area contributed by atoms with Crippen LogP contribution in [0.3, 0.4) is 0 Å². The van der Waals surface area contributed by atoms with Crippen molar-refractivity contribution in [2.75, 3.05) is 32.8 Å². The molecule has 2 aromatic rings.